The van der Waals surface area contributed by atoms with Crippen molar-refractivity contribution in [3.05, 3.63) is 35.7 Å². The standard InChI is InChI=1S/C21H28N6O3S/c1-5-17-22-18-19(26(17)4)23-21(24-20(18)27-10-12-30-13-11-27)31(28,29)14-15-6-8-16(9-7-15)25(2)3/h6-9H,5,10-14H2,1-4H3. The van der Waals surface area contributed by atoms with Gasteiger partial charge in [-0.3, -0.25) is 0 Å². The van der Waals surface area contributed by atoms with Crippen molar-refractivity contribution in [3.8, 4) is 0 Å². The molecule has 1 aliphatic rings. The zero-order chi connectivity index (χ0) is 22.2. The number of hydrogen-bond acceptors (Lipinski definition) is 8. The van der Waals surface area contributed by atoms with Crippen LogP contribution in [0.2, 0.25) is 0 Å². The molecule has 0 atom stereocenters. The molecule has 0 amide bonds. The number of imidazole rings is 1. The first-order valence-electron chi connectivity index (χ1n) is 10.3. The maximum Gasteiger partial charge on any atom is 0.251 e. The van der Waals surface area contributed by atoms with E-state index in [1.165, 1.54) is 0 Å². The van der Waals surface area contributed by atoms with E-state index < -0.39 is 9.84 Å². The number of rotatable bonds is 6. The van der Waals surface area contributed by atoms with Gasteiger partial charge in [0, 0.05) is 46.3 Å². The number of benzene rings is 1. The van der Waals surface area contributed by atoms with Crippen LogP contribution >= 0.6 is 0 Å². The molecule has 10 heteroatoms. The highest BCUT2D eigenvalue weighted by molar-refractivity contribution is 7.90. The van der Waals surface area contributed by atoms with Crippen LogP contribution in [-0.4, -0.2) is 68.3 Å². The van der Waals surface area contributed by atoms with Gasteiger partial charge >= 0.3 is 0 Å². The summed E-state index contributed by atoms with van der Waals surface area (Å²) in [7, 11) is 2.00. The van der Waals surface area contributed by atoms with Gasteiger partial charge in [-0.25, -0.2) is 13.4 Å². The lowest BCUT2D eigenvalue weighted by atomic mass is 10.2. The fourth-order valence-corrected chi connectivity index (χ4v) is 4.91. The Kier molecular flexibility index (Phi) is 5.85. The van der Waals surface area contributed by atoms with E-state index in [1.54, 1.807) is 0 Å². The van der Waals surface area contributed by atoms with Gasteiger partial charge in [-0.15, -0.1) is 0 Å². The van der Waals surface area contributed by atoms with Gasteiger partial charge in [0.2, 0.25) is 9.84 Å². The predicted octanol–water partition coefficient (Wildman–Crippen LogP) is 1.80. The molecule has 0 unspecified atom stereocenters. The van der Waals surface area contributed by atoms with Crippen LogP contribution in [0.1, 0.15) is 18.3 Å². The van der Waals surface area contributed by atoms with Crippen molar-refractivity contribution >= 4 is 32.5 Å². The average Bonchev–Trinajstić information content (AvgIpc) is 3.09. The Morgan fingerprint density at radius 3 is 2.35 bits per heavy atom. The van der Waals surface area contributed by atoms with Crippen molar-refractivity contribution in [1.29, 1.82) is 0 Å². The van der Waals surface area contributed by atoms with Crippen molar-refractivity contribution in [2.45, 2.75) is 24.3 Å². The van der Waals surface area contributed by atoms with Gasteiger partial charge in [-0.2, -0.15) is 9.97 Å². The lowest BCUT2D eigenvalue weighted by Crippen LogP contribution is -2.37. The molecule has 1 fully saturated rings. The second-order valence-corrected chi connectivity index (χ2v) is 9.75. The van der Waals surface area contributed by atoms with E-state index in [2.05, 4.69) is 9.97 Å². The van der Waals surface area contributed by atoms with Crippen molar-refractivity contribution in [1.82, 2.24) is 19.5 Å². The SMILES string of the molecule is CCc1nc2c(N3CCOCC3)nc(S(=O)(=O)Cc3ccc(N(C)C)cc3)nc2n1C. The first-order chi connectivity index (χ1) is 14.8. The van der Waals surface area contributed by atoms with Gasteiger partial charge in [0.25, 0.3) is 5.16 Å². The quantitative estimate of drug-likeness (QED) is 0.532. The largest absolute Gasteiger partial charge is 0.378 e. The van der Waals surface area contributed by atoms with Crippen LogP contribution in [0, 0.1) is 0 Å². The Balaban J connectivity index is 1.77. The average molecular weight is 445 g/mol. The van der Waals surface area contributed by atoms with E-state index in [9.17, 15) is 8.42 Å². The molecule has 0 N–H and O–H groups in total. The number of aromatic nitrogens is 4. The minimum absolute atomic E-state index is 0.159. The van der Waals surface area contributed by atoms with E-state index in [0.717, 1.165) is 17.9 Å². The van der Waals surface area contributed by atoms with Crippen molar-refractivity contribution < 1.29 is 13.2 Å². The summed E-state index contributed by atoms with van der Waals surface area (Å²) >= 11 is 0. The number of fused-ring (bicyclic) bond motifs is 1. The van der Waals surface area contributed by atoms with Gasteiger partial charge in [0.05, 0.1) is 19.0 Å². The highest BCUT2D eigenvalue weighted by atomic mass is 32.2. The Hall–Kier alpha value is -2.72. The second kappa shape index (κ2) is 8.43. The Morgan fingerprint density at radius 2 is 1.74 bits per heavy atom. The number of morpholine rings is 1. The molecule has 0 saturated carbocycles. The summed E-state index contributed by atoms with van der Waals surface area (Å²) in [6.07, 6.45) is 0.718. The maximum atomic E-state index is 13.3. The Morgan fingerprint density at radius 1 is 1.06 bits per heavy atom. The maximum absolute atomic E-state index is 13.3. The van der Waals surface area contributed by atoms with Crippen LogP contribution in [0.4, 0.5) is 11.5 Å². The third-order valence-electron chi connectivity index (χ3n) is 5.49. The molecule has 1 saturated heterocycles. The number of hydrogen-bond donors (Lipinski definition) is 0. The highest BCUT2D eigenvalue weighted by Gasteiger charge is 2.27. The lowest BCUT2D eigenvalue weighted by molar-refractivity contribution is 0.122. The van der Waals surface area contributed by atoms with Gasteiger partial charge in [0.15, 0.2) is 17.0 Å². The van der Waals surface area contributed by atoms with Gasteiger partial charge in [-0.1, -0.05) is 19.1 Å². The van der Waals surface area contributed by atoms with Gasteiger partial charge < -0.3 is 19.1 Å². The predicted molar refractivity (Wildman–Crippen MR) is 120 cm³/mol. The number of ether oxygens (including phenoxy) is 1. The van der Waals surface area contributed by atoms with Gasteiger partial charge in [0.1, 0.15) is 5.82 Å². The monoisotopic (exact) mass is 444 g/mol. The molecule has 166 valence electrons. The summed E-state index contributed by atoms with van der Waals surface area (Å²) in [5.74, 6) is 1.24. The summed E-state index contributed by atoms with van der Waals surface area (Å²) in [6.45, 7) is 4.42. The minimum atomic E-state index is -3.75. The first kappa shape index (κ1) is 21.5. The van der Waals surface area contributed by atoms with Crippen LogP contribution in [0.25, 0.3) is 11.2 Å². The van der Waals surface area contributed by atoms with E-state index in [4.69, 9.17) is 9.72 Å². The van der Waals surface area contributed by atoms with Crippen LogP contribution < -0.4 is 9.80 Å². The Labute approximate surface area is 182 Å². The van der Waals surface area contributed by atoms with Crippen molar-refractivity contribution in [2.75, 3.05) is 50.2 Å². The number of nitrogens with zero attached hydrogens (tertiary/aromatic N) is 6. The van der Waals surface area contributed by atoms with E-state index in [1.807, 2.05) is 66.7 Å². The van der Waals surface area contributed by atoms with Crippen LogP contribution in [-0.2, 0) is 33.8 Å². The summed E-state index contributed by atoms with van der Waals surface area (Å²) in [4.78, 5) is 17.7. The number of sulfone groups is 1. The summed E-state index contributed by atoms with van der Waals surface area (Å²) in [5.41, 5.74) is 2.88. The summed E-state index contributed by atoms with van der Waals surface area (Å²) in [6, 6.07) is 7.46. The summed E-state index contributed by atoms with van der Waals surface area (Å²) < 4.78 is 33.9. The zero-order valence-electron chi connectivity index (χ0n) is 18.4. The van der Waals surface area contributed by atoms with Crippen molar-refractivity contribution in [3.63, 3.8) is 0 Å². The van der Waals surface area contributed by atoms with E-state index in [0.29, 0.717) is 48.8 Å². The number of anilines is 2. The van der Waals surface area contributed by atoms with E-state index in [-0.39, 0.29) is 10.9 Å². The molecule has 9 nitrogen and oxygen atoms in total. The third-order valence-corrected chi connectivity index (χ3v) is 6.94. The molecular formula is C21H28N6O3S. The number of aryl methyl sites for hydroxylation is 2. The molecule has 0 spiro atoms. The lowest BCUT2D eigenvalue weighted by Gasteiger charge is -2.28. The Bertz CT molecular complexity index is 1180. The molecule has 0 bridgehead atoms. The molecule has 1 aromatic carbocycles. The third kappa shape index (κ3) is 4.22. The topological polar surface area (TPSA) is 93.4 Å². The van der Waals surface area contributed by atoms with Crippen LogP contribution in [0.15, 0.2) is 29.4 Å². The molecule has 4 rings (SSSR count). The molecular weight excluding hydrogens is 416 g/mol. The molecule has 3 heterocycles. The fourth-order valence-electron chi connectivity index (χ4n) is 3.70. The first-order valence-corrected chi connectivity index (χ1v) is 12.0. The molecule has 2 aromatic heterocycles. The minimum Gasteiger partial charge on any atom is -0.378 e. The second-order valence-electron chi connectivity index (χ2n) is 7.86. The normalized spacial score (nSPS) is 14.9. The fraction of sp³-hybridized carbons (Fsp3) is 0.476. The van der Waals surface area contributed by atoms with Crippen molar-refractivity contribution in [2.24, 2.45) is 7.05 Å². The summed E-state index contributed by atoms with van der Waals surface area (Å²) in [5, 5.41) is -0.163. The zero-order valence-corrected chi connectivity index (χ0v) is 19.2. The molecule has 31 heavy (non-hydrogen) atoms. The van der Waals surface area contributed by atoms with Gasteiger partial charge in [-0.05, 0) is 17.7 Å². The molecule has 1 aliphatic heterocycles. The molecule has 3 aromatic rings. The smallest absolute Gasteiger partial charge is 0.251 e. The van der Waals surface area contributed by atoms with Crippen LogP contribution in [0.3, 0.4) is 0 Å². The van der Waals surface area contributed by atoms with Crippen LogP contribution in [0.5, 0.6) is 0 Å². The molecule has 0 aliphatic carbocycles. The highest BCUT2D eigenvalue weighted by Crippen LogP contribution is 2.27. The molecule has 0 radical (unpaired) electrons. The van der Waals surface area contributed by atoms with E-state index >= 15 is 0 Å².